The van der Waals surface area contributed by atoms with E-state index in [0.717, 1.165) is 49.9 Å². The van der Waals surface area contributed by atoms with Crippen molar-refractivity contribution in [3.05, 3.63) is 23.8 Å². The van der Waals surface area contributed by atoms with Crippen molar-refractivity contribution in [1.29, 1.82) is 0 Å². The molecule has 2 rings (SSSR count). The van der Waals surface area contributed by atoms with Gasteiger partial charge < -0.3 is 14.2 Å². The number of hydrazine groups is 1. The number of hydrogen-bond acceptors (Lipinski definition) is 6. The smallest absolute Gasteiger partial charge is 0.165 e. The summed E-state index contributed by atoms with van der Waals surface area (Å²) in [7, 11) is 5.62. The number of methoxy groups -OCH3 is 1. The van der Waals surface area contributed by atoms with Gasteiger partial charge in [-0.15, -0.1) is 0 Å². The molecule has 0 atom stereocenters. The molecule has 1 N–H and O–H groups in total. The molecule has 0 aliphatic carbocycles. The van der Waals surface area contributed by atoms with Gasteiger partial charge >= 0.3 is 0 Å². The van der Waals surface area contributed by atoms with Crippen LogP contribution in [0.4, 0.5) is 0 Å². The Hall–Kier alpha value is -1.34. The summed E-state index contributed by atoms with van der Waals surface area (Å²) in [5, 5.41) is 1.93. The van der Waals surface area contributed by atoms with E-state index in [1.165, 1.54) is 0 Å². The average molecular weight is 309 g/mol. The fourth-order valence-electron chi connectivity index (χ4n) is 2.37. The fraction of sp³-hybridized carbons (Fsp3) is 0.625. The predicted octanol–water partition coefficient (Wildman–Crippen LogP) is 0.972. The molecule has 6 nitrogen and oxygen atoms in total. The first-order valence-electron chi connectivity index (χ1n) is 7.70. The van der Waals surface area contributed by atoms with Crippen molar-refractivity contribution in [3.63, 3.8) is 0 Å². The van der Waals surface area contributed by atoms with Gasteiger partial charge in [0, 0.05) is 45.8 Å². The molecular weight excluding hydrogens is 282 g/mol. The van der Waals surface area contributed by atoms with E-state index < -0.39 is 0 Å². The molecule has 0 aromatic heterocycles. The summed E-state index contributed by atoms with van der Waals surface area (Å²) >= 11 is 0. The fourth-order valence-corrected chi connectivity index (χ4v) is 2.37. The number of hydrogen-bond donors (Lipinski definition) is 1. The lowest BCUT2D eigenvalue weighted by Gasteiger charge is -2.26. The molecular formula is C16H27N3O3. The normalized spacial score (nSPS) is 16.0. The van der Waals surface area contributed by atoms with E-state index in [1.807, 2.05) is 31.2 Å². The van der Waals surface area contributed by atoms with E-state index in [0.29, 0.717) is 13.2 Å². The Morgan fingerprint density at radius 3 is 2.73 bits per heavy atom. The molecule has 1 aromatic carbocycles. The van der Waals surface area contributed by atoms with Crippen LogP contribution < -0.4 is 14.9 Å². The number of benzene rings is 1. The van der Waals surface area contributed by atoms with Crippen LogP contribution in [0.3, 0.4) is 0 Å². The van der Waals surface area contributed by atoms with Crippen molar-refractivity contribution in [3.8, 4) is 11.5 Å². The van der Waals surface area contributed by atoms with E-state index >= 15 is 0 Å². The Balaban J connectivity index is 1.94. The zero-order valence-corrected chi connectivity index (χ0v) is 13.8. The Bertz CT molecular complexity index is 448. The molecule has 0 saturated carbocycles. The number of rotatable bonds is 8. The summed E-state index contributed by atoms with van der Waals surface area (Å²) in [5.74, 6) is 1.60. The Morgan fingerprint density at radius 1 is 1.27 bits per heavy atom. The van der Waals surface area contributed by atoms with Crippen molar-refractivity contribution in [2.75, 3.05) is 60.7 Å². The van der Waals surface area contributed by atoms with Crippen LogP contribution in [0.15, 0.2) is 18.2 Å². The van der Waals surface area contributed by atoms with Crippen molar-refractivity contribution >= 4 is 0 Å². The molecule has 1 fully saturated rings. The summed E-state index contributed by atoms with van der Waals surface area (Å²) in [6, 6.07) is 5.98. The molecule has 0 unspecified atom stereocenters. The number of morpholine rings is 1. The first kappa shape index (κ1) is 17.0. The van der Waals surface area contributed by atoms with Gasteiger partial charge in [-0.05, 0) is 6.07 Å². The van der Waals surface area contributed by atoms with Crippen LogP contribution in [0.2, 0.25) is 0 Å². The maximum Gasteiger partial charge on any atom is 0.165 e. The highest BCUT2D eigenvalue weighted by Crippen LogP contribution is 2.31. The summed E-state index contributed by atoms with van der Waals surface area (Å²) in [6.45, 7) is 5.84. The molecule has 1 saturated heterocycles. The monoisotopic (exact) mass is 309 g/mol. The molecule has 0 amide bonds. The van der Waals surface area contributed by atoms with E-state index in [-0.39, 0.29) is 0 Å². The van der Waals surface area contributed by atoms with Crippen molar-refractivity contribution in [2.45, 2.75) is 6.54 Å². The average Bonchev–Trinajstić information content (AvgIpc) is 2.54. The predicted molar refractivity (Wildman–Crippen MR) is 86.3 cm³/mol. The SMILES string of the molecule is COc1cccc(CNN(C)C)c1OCCN1CCOCC1. The Morgan fingerprint density at radius 2 is 2.05 bits per heavy atom. The lowest BCUT2D eigenvalue weighted by molar-refractivity contribution is 0.0320. The first-order valence-corrected chi connectivity index (χ1v) is 7.70. The maximum absolute atomic E-state index is 6.03. The highest BCUT2D eigenvalue weighted by Gasteiger charge is 2.13. The zero-order valence-electron chi connectivity index (χ0n) is 13.8. The molecule has 22 heavy (non-hydrogen) atoms. The van der Waals surface area contributed by atoms with E-state index in [1.54, 1.807) is 7.11 Å². The number of ether oxygens (including phenoxy) is 3. The second-order valence-corrected chi connectivity index (χ2v) is 5.48. The molecule has 1 heterocycles. The van der Waals surface area contributed by atoms with E-state index in [9.17, 15) is 0 Å². The third-order valence-electron chi connectivity index (χ3n) is 3.62. The molecule has 0 bridgehead atoms. The standard InChI is InChI=1S/C16H27N3O3/c1-18(2)17-13-14-5-4-6-15(20-3)16(14)22-12-9-19-7-10-21-11-8-19/h4-6,17H,7-13H2,1-3H3. The Labute approximate surface area is 132 Å². The van der Waals surface area contributed by atoms with Crippen LogP contribution in [0, 0.1) is 0 Å². The third kappa shape index (κ3) is 5.14. The van der Waals surface area contributed by atoms with Gasteiger partial charge in [0.2, 0.25) is 0 Å². The van der Waals surface area contributed by atoms with Gasteiger partial charge in [0.05, 0.1) is 20.3 Å². The second kappa shape index (κ2) is 8.95. The summed E-state index contributed by atoms with van der Waals surface area (Å²) in [5.41, 5.74) is 4.36. The zero-order chi connectivity index (χ0) is 15.8. The van der Waals surface area contributed by atoms with Crippen LogP contribution in [0.1, 0.15) is 5.56 Å². The van der Waals surface area contributed by atoms with Crippen molar-refractivity contribution < 1.29 is 14.2 Å². The summed E-state index contributed by atoms with van der Waals surface area (Å²) in [6.07, 6.45) is 0. The maximum atomic E-state index is 6.03. The topological polar surface area (TPSA) is 46.2 Å². The van der Waals surface area contributed by atoms with Gasteiger partial charge in [-0.3, -0.25) is 15.3 Å². The van der Waals surface area contributed by atoms with Crippen LogP contribution in [0.25, 0.3) is 0 Å². The van der Waals surface area contributed by atoms with Gasteiger partial charge in [-0.1, -0.05) is 12.1 Å². The van der Waals surface area contributed by atoms with Crippen molar-refractivity contribution in [2.24, 2.45) is 0 Å². The van der Waals surface area contributed by atoms with Gasteiger partial charge in [0.1, 0.15) is 6.61 Å². The largest absolute Gasteiger partial charge is 0.493 e. The van der Waals surface area contributed by atoms with Crippen LogP contribution in [0.5, 0.6) is 11.5 Å². The van der Waals surface area contributed by atoms with Gasteiger partial charge in [0.15, 0.2) is 11.5 Å². The van der Waals surface area contributed by atoms with Gasteiger partial charge in [-0.2, -0.15) is 0 Å². The molecule has 0 spiro atoms. The minimum absolute atomic E-state index is 0.648. The molecule has 1 aliphatic rings. The molecule has 124 valence electrons. The highest BCUT2D eigenvalue weighted by atomic mass is 16.5. The molecule has 6 heteroatoms. The number of nitrogens with zero attached hydrogens (tertiary/aromatic N) is 2. The lowest BCUT2D eigenvalue weighted by atomic mass is 10.2. The molecule has 1 aliphatic heterocycles. The minimum Gasteiger partial charge on any atom is -0.493 e. The lowest BCUT2D eigenvalue weighted by Crippen LogP contribution is -2.38. The second-order valence-electron chi connectivity index (χ2n) is 5.48. The highest BCUT2D eigenvalue weighted by molar-refractivity contribution is 5.46. The number of para-hydroxylation sites is 1. The van der Waals surface area contributed by atoms with Crippen LogP contribution in [-0.4, -0.2) is 70.6 Å². The van der Waals surface area contributed by atoms with Crippen molar-refractivity contribution in [1.82, 2.24) is 15.3 Å². The van der Waals surface area contributed by atoms with Crippen LogP contribution >= 0.6 is 0 Å². The summed E-state index contributed by atoms with van der Waals surface area (Å²) in [4.78, 5) is 2.36. The molecule has 1 aromatic rings. The van der Waals surface area contributed by atoms with Gasteiger partial charge in [-0.25, -0.2) is 0 Å². The van der Waals surface area contributed by atoms with E-state index in [2.05, 4.69) is 16.4 Å². The number of nitrogens with one attached hydrogen (secondary N) is 1. The van der Waals surface area contributed by atoms with Gasteiger partial charge in [0.25, 0.3) is 0 Å². The van der Waals surface area contributed by atoms with E-state index in [4.69, 9.17) is 14.2 Å². The first-order chi connectivity index (χ1) is 10.7. The molecule has 0 radical (unpaired) electrons. The summed E-state index contributed by atoms with van der Waals surface area (Å²) < 4.78 is 16.8. The third-order valence-corrected chi connectivity index (χ3v) is 3.62. The Kier molecular flexibility index (Phi) is 6.92. The quantitative estimate of drug-likeness (QED) is 0.722. The minimum atomic E-state index is 0.648. The van der Waals surface area contributed by atoms with Crippen LogP contribution in [-0.2, 0) is 11.3 Å².